The largest absolute Gasteiger partial charge is 0.350 e. The van der Waals surface area contributed by atoms with Crippen LogP contribution in [0, 0.1) is 0 Å². The van der Waals surface area contributed by atoms with Crippen molar-refractivity contribution in [3.63, 3.8) is 0 Å². The van der Waals surface area contributed by atoms with Gasteiger partial charge in [-0.1, -0.05) is 29.8 Å². The Balaban J connectivity index is 2.13. The first-order chi connectivity index (χ1) is 11.7. The van der Waals surface area contributed by atoms with E-state index in [1.165, 1.54) is 20.2 Å². The summed E-state index contributed by atoms with van der Waals surface area (Å²) in [6.07, 6.45) is 1.16. The number of amides is 1. The Bertz CT molecular complexity index is 938. The molecule has 0 saturated carbocycles. The molecule has 0 radical (unpaired) electrons. The Hall–Kier alpha value is -2.16. The van der Waals surface area contributed by atoms with Crippen molar-refractivity contribution in [2.24, 2.45) is 0 Å². The molecule has 1 aromatic carbocycles. The summed E-state index contributed by atoms with van der Waals surface area (Å²) in [5.74, 6) is -0.429. The van der Waals surface area contributed by atoms with Gasteiger partial charge in [-0.15, -0.1) is 0 Å². The number of carbonyl (C=O) groups is 1. The Morgan fingerprint density at radius 3 is 2.52 bits per heavy atom. The van der Waals surface area contributed by atoms with Crippen molar-refractivity contribution in [3.05, 3.63) is 63.5 Å². The average Bonchev–Trinajstić information content (AvgIpc) is 2.55. The van der Waals surface area contributed by atoms with Gasteiger partial charge < -0.3 is 9.88 Å². The molecule has 0 spiro atoms. The lowest BCUT2D eigenvalue weighted by Gasteiger charge is -2.13. The molecule has 7 nitrogen and oxygen atoms in total. The molecule has 0 fully saturated rings. The molecule has 1 heterocycles. The molecule has 9 heteroatoms. The van der Waals surface area contributed by atoms with E-state index in [-0.39, 0.29) is 18.0 Å². The lowest BCUT2D eigenvalue weighted by Crippen LogP contribution is -2.32. The van der Waals surface area contributed by atoms with Crippen LogP contribution in [-0.2, 0) is 27.9 Å². The van der Waals surface area contributed by atoms with E-state index in [9.17, 15) is 18.0 Å². The van der Waals surface area contributed by atoms with E-state index in [2.05, 4.69) is 5.32 Å². The Kier molecular flexibility index (Phi) is 5.99. The molecule has 0 atom stereocenters. The first kappa shape index (κ1) is 19.2. The summed E-state index contributed by atoms with van der Waals surface area (Å²) >= 11 is 6.02. The number of pyridine rings is 1. The zero-order valence-corrected chi connectivity index (χ0v) is 15.3. The molecule has 0 unspecified atom stereocenters. The predicted octanol–water partition coefficient (Wildman–Crippen LogP) is 1.07. The van der Waals surface area contributed by atoms with Gasteiger partial charge in [0.1, 0.15) is 6.54 Å². The number of hydrogen-bond acceptors (Lipinski definition) is 4. The van der Waals surface area contributed by atoms with Crippen molar-refractivity contribution >= 4 is 27.5 Å². The minimum Gasteiger partial charge on any atom is -0.350 e. The predicted molar refractivity (Wildman–Crippen MR) is 94.9 cm³/mol. The fourth-order valence-corrected chi connectivity index (χ4v) is 3.17. The molecule has 0 aliphatic carbocycles. The quantitative estimate of drug-likeness (QED) is 0.808. The number of benzene rings is 1. The second-order valence-electron chi connectivity index (χ2n) is 5.49. The third-order valence-electron chi connectivity index (χ3n) is 3.48. The van der Waals surface area contributed by atoms with E-state index in [4.69, 9.17) is 11.6 Å². The molecular formula is C16H18ClN3O4S. The van der Waals surface area contributed by atoms with E-state index in [1.807, 2.05) is 0 Å². The highest BCUT2D eigenvalue weighted by Crippen LogP contribution is 2.14. The lowest BCUT2D eigenvalue weighted by molar-refractivity contribution is -0.121. The number of nitrogens with one attached hydrogen (secondary N) is 1. The maximum Gasteiger partial charge on any atom is 0.251 e. The van der Waals surface area contributed by atoms with Crippen LogP contribution in [0.2, 0.25) is 5.02 Å². The van der Waals surface area contributed by atoms with E-state index in [1.54, 1.807) is 24.3 Å². The fraction of sp³-hybridized carbons (Fsp3) is 0.250. The van der Waals surface area contributed by atoms with Gasteiger partial charge in [0.05, 0.1) is 4.90 Å². The van der Waals surface area contributed by atoms with Crippen molar-refractivity contribution in [1.29, 1.82) is 0 Å². The summed E-state index contributed by atoms with van der Waals surface area (Å²) in [6.45, 7) is -0.0803. The maximum absolute atomic E-state index is 12.1. The highest BCUT2D eigenvalue weighted by Gasteiger charge is 2.18. The van der Waals surface area contributed by atoms with Gasteiger partial charge in [-0.25, -0.2) is 12.7 Å². The molecule has 0 aliphatic rings. The van der Waals surface area contributed by atoms with Gasteiger partial charge in [-0.2, -0.15) is 0 Å². The first-order valence-electron chi connectivity index (χ1n) is 7.35. The number of rotatable bonds is 6. The molecule has 2 rings (SSSR count). The van der Waals surface area contributed by atoms with Gasteiger partial charge in [0, 0.05) is 37.9 Å². The van der Waals surface area contributed by atoms with Crippen molar-refractivity contribution in [2.75, 3.05) is 14.1 Å². The molecule has 1 aromatic heterocycles. The van der Waals surface area contributed by atoms with Crippen molar-refractivity contribution < 1.29 is 13.2 Å². The molecule has 1 amide bonds. The van der Waals surface area contributed by atoms with Crippen LogP contribution >= 0.6 is 11.6 Å². The molecule has 1 N–H and O–H groups in total. The van der Waals surface area contributed by atoms with Crippen molar-refractivity contribution in [2.45, 2.75) is 18.0 Å². The number of halogens is 1. The lowest BCUT2D eigenvalue weighted by atomic mass is 10.2. The van der Waals surface area contributed by atoms with Gasteiger partial charge in [0.2, 0.25) is 15.9 Å². The molecular weight excluding hydrogens is 366 g/mol. The second-order valence-corrected chi connectivity index (χ2v) is 8.05. The summed E-state index contributed by atoms with van der Waals surface area (Å²) in [6, 6.07) is 9.41. The van der Waals surface area contributed by atoms with Crippen LogP contribution < -0.4 is 10.9 Å². The second kappa shape index (κ2) is 7.81. The minimum atomic E-state index is -3.69. The monoisotopic (exact) mass is 383 g/mol. The van der Waals surface area contributed by atoms with Gasteiger partial charge in [0.25, 0.3) is 5.56 Å². The number of carbonyl (C=O) groups excluding carboxylic acids is 1. The summed E-state index contributed by atoms with van der Waals surface area (Å²) in [5, 5.41) is 3.18. The normalized spacial score (nSPS) is 11.5. The van der Waals surface area contributed by atoms with Crippen LogP contribution in [0.4, 0.5) is 0 Å². The summed E-state index contributed by atoms with van der Waals surface area (Å²) < 4.78 is 26.3. The highest BCUT2D eigenvalue weighted by molar-refractivity contribution is 7.89. The van der Waals surface area contributed by atoms with Gasteiger partial charge in [-0.05, 0) is 17.7 Å². The van der Waals surface area contributed by atoms with E-state index < -0.39 is 21.5 Å². The SMILES string of the molecule is CN(C)S(=O)(=O)c1ccc(=O)n(CC(=O)NCc2ccccc2Cl)c1. The number of aromatic nitrogens is 1. The van der Waals surface area contributed by atoms with E-state index in [0.717, 1.165) is 26.7 Å². The Morgan fingerprint density at radius 2 is 1.88 bits per heavy atom. The van der Waals surface area contributed by atoms with Crippen LogP contribution in [0.25, 0.3) is 0 Å². The Morgan fingerprint density at radius 1 is 1.20 bits per heavy atom. The Labute approximate surface area is 150 Å². The number of hydrogen-bond donors (Lipinski definition) is 1. The van der Waals surface area contributed by atoms with Crippen LogP contribution in [0.5, 0.6) is 0 Å². The first-order valence-corrected chi connectivity index (χ1v) is 9.17. The van der Waals surface area contributed by atoms with Gasteiger partial charge >= 0.3 is 0 Å². The van der Waals surface area contributed by atoms with Gasteiger partial charge in [0.15, 0.2) is 0 Å². The molecule has 0 aliphatic heterocycles. The molecule has 0 saturated heterocycles. The summed E-state index contributed by atoms with van der Waals surface area (Å²) in [7, 11) is -0.908. The van der Waals surface area contributed by atoms with Crippen molar-refractivity contribution in [1.82, 2.24) is 14.2 Å². The smallest absolute Gasteiger partial charge is 0.251 e. The van der Waals surface area contributed by atoms with E-state index >= 15 is 0 Å². The number of sulfonamides is 1. The molecule has 134 valence electrons. The zero-order valence-electron chi connectivity index (χ0n) is 13.8. The van der Waals surface area contributed by atoms with Crippen LogP contribution in [0.15, 0.2) is 52.3 Å². The molecule has 25 heavy (non-hydrogen) atoms. The minimum absolute atomic E-state index is 0.0593. The number of nitrogens with zero attached hydrogens (tertiary/aromatic N) is 2. The topological polar surface area (TPSA) is 88.5 Å². The highest BCUT2D eigenvalue weighted by atomic mass is 35.5. The van der Waals surface area contributed by atoms with Gasteiger partial charge in [-0.3, -0.25) is 9.59 Å². The van der Waals surface area contributed by atoms with Crippen LogP contribution in [-0.4, -0.2) is 37.3 Å². The van der Waals surface area contributed by atoms with Crippen LogP contribution in [0.3, 0.4) is 0 Å². The van der Waals surface area contributed by atoms with Crippen LogP contribution in [0.1, 0.15) is 5.56 Å². The van der Waals surface area contributed by atoms with E-state index in [0.29, 0.717) is 5.02 Å². The molecule has 2 aromatic rings. The van der Waals surface area contributed by atoms with Crippen molar-refractivity contribution in [3.8, 4) is 0 Å². The summed E-state index contributed by atoms with van der Waals surface area (Å²) in [4.78, 5) is 23.9. The summed E-state index contributed by atoms with van der Waals surface area (Å²) in [5.41, 5.74) is 0.277. The third-order valence-corrected chi connectivity index (χ3v) is 5.65. The zero-order chi connectivity index (χ0) is 18.6. The fourth-order valence-electron chi connectivity index (χ4n) is 2.04. The molecule has 0 bridgehead atoms. The standard InChI is InChI=1S/C16H18ClN3O4S/c1-19(2)25(23,24)13-7-8-16(22)20(10-13)11-15(21)18-9-12-5-3-4-6-14(12)17/h3-8,10H,9,11H2,1-2H3,(H,18,21). The average molecular weight is 384 g/mol. The maximum atomic E-state index is 12.1. The third kappa shape index (κ3) is 4.68.